The number of fused-ring (bicyclic) bond motifs is 3. The van der Waals surface area contributed by atoms with Crippen LogP contribution < -0.4 is 44.1 Å². The van der Waals surface area contributed by atoms with Crippen LogP contribution in [0.3, 0.4) is 0 Å². The molecule has 6 aromatic carbocycles. The van der Waals surface area contributed by atoms with E-state index in [1.165, 1.54) is 127 Å². The molecule has 1 aliphatic rings. The topological polar surface area (TPSA) is 113 Å². The van der Waals surface area contributed by atoms with E-state index in [-0.39, 0.29) is 5.41 Å². The number of pyridine rings is 1. The van der Waals surface area contributed by atoms with Gasteiger partial charge in [-0.3, -0.25) is 9.97 Å². The van der Waals surface area contributed by atoms with Crippen LogP contribution in [-0.4, -0.2) is 230 Å². The first-order valence-corrected chi connectivity index (χ1v) is 61.7. The SMILES string of the molecule is CBr.CBr.CBr.CBr.CBr.CBr.CBr.CBr.CBr.CC#Cc1ccc(C)cc1N(C)C.CC=Cc1ccc(C)cc1N(C)C.CN(C)C.Cc1cc(N(C)C)c(C)[nH]1.Cc1cc(N(C)C)c(C)o1.Cc1cc(N(C)C)c(C)s1.Cc1ccc2c(c1)C(c1ccc(Br)cc1)(c1ccc(N(C)C)cc1)c1cc(C)ccc1-2.Cc1cnc(C)c(N(C)C)c1.Cc1cnc(C)c(N(C)C)n1.Cc1nc(N(C)C)c(C)s1. The number of halogens is 10. The third-order valence-corrected chi connectivity index (χ3v) is 21.9. The zero-order chi connectivity index (χ0) is 111. The minimum absolute atomic E-state index is 0.339. The van der Waals surface area contributed by atoms with Crippen LogP contribution in [0.4, 0.5) is 51.4 Å². The number of thiophene rings is 1. The summed E-state index contributed by atoms with van der Waals surface area (Å²) in [6.45, 7) is 37.0. The Morgan fingerprint density at radius 3 is 1.09 bits per heavy atom. The highest BCUT2D eigenvalue weighted by Gasteiger charge is 2.46. The van der Waals surface area contributed by atoms with Gasteiger partial charge in [0.15, 0.2) is 0 Å². The standard InChI is InChI=1S/C29H26BrN.C12H17N.C12H15N.C9H14N2.C8H13N3.C8H14N2.C8H13NO.C8H13NS.C7H12N2S.C3H9N.9CH3Br/c1-19-5-15-25-26-16-6-20(2)18-28(26)29(27(25)17-19,21-7-11-23(30)12-8-21)22-9-13-24(14-10-22)31(3)4;2*1-5-6-11-8-7-10(2)9-12(11)13(3)4;1-7-5-9(11(3)4)8(2)10-6-7;1-6-5-9-7(2)8(10-6)11(3)4;1-6-5-8(10(3)4)7(2)9-6;2*1-6-5-8(9(3)4)7(2)10-6;1-5-7(9(3)4)8-6(2)10-5;1-4(2)3;9*1-2/h5-18H,1-4H3;5-9H,1-4H3;7-9H,1-4H3;5-6H,1-4H3;5H,1-4H3;5,9H,1-4H3;2*5H,1-4H3;1-4H3;1-3H3;9*1H3. The summed E-state index contributed by atoms with van der Waals surface area (Å²) in [5, 5.41) is 1.14. The summed E-state index contributed by atoms with van der Waals surface area (Å²) in [4.78, 5) is 45.3. The number of benzene rings is 6. The average Bonchev–Trinajstić information content (AvgIpc) is 1.54. The minimum Gasteiger partial charge on any atom is -0.464 e. The van der Waals surface area contributed by atoms with E-state index in [9.17, 15) is 0 Å². The highest BCUT2D eigenvalue weighted by atomic mass is 79.9. The lowest BCUT2D eigenvalue weighted by molar-refractivity contribution is 0.504. The molecule has 0 atom stereocenters. The summed E-state index contributed by atoms with van der Waals surface area (Å²) in [5.41, 5.74) is 30.5. The van der Waals surface area contributed by atoms with Crippen LogP contribution in [0.5, 0.6) is 0 Å². The van der Waals surface area contributed by atoms with E-state index >= 15 is 0 Å². The molecule has 13 rings (SSSR count). The Morgan fingerprint density at radius 1 is 0.369 bits per heavy atom. The molecular formula is C113H173Br10N15OS2. The van der Waals surface area contributed by atoms with Gasteiger partial charge >= 0.3 is 0 Å². The van der Waals surface area contributed by atoms with E-state index in [2.05, 4.69) is 503 Å². The van der Waals surface area contributed by atoms with E-state index in [0.717, 1.165) is 61.0 Å². The Balaban J connectivity index is -0.000000365. The van der Waals surface area contributed by atoms with Crippen molar-refractivity contribution in [1.29, 1.82) is 0 Å². The number of aryl methyl sites for hydroxylation is 16. The maximum absolute atomic E-state index is 5.33. The number of allylic oxidation sites excluding steroid dienone is 1. The molecule has 1 aliphatic carbocycles. The van der Waals surface area contributed by atoms with Gasteiger partial charge in [0.1, 0.15) is 23.2 Å². The Morgan fingerprint density at radius 2 is 0.773 bits per heavy atom. The van der Waals surface area contributed by atoms with Gasteiger partial charge in [-0.05, 0) is 315 Å². The van der Waals surface area contributed by atoms with Crippen LogP contribution in [0.1, 0.15) is 135 Å². The molecule has 0 saturated carbocycles. The summed E-state index contributed by atoms with van der Waals surface area (Å²) in [5.74, 6) is 26.3. The van der Waals surface area contributed by atoms with Crippen molar-refractivity contribution in [3.8, 4) is 23.0 Å². The Labute approximate surface area is 950 Å². The number of aromatic nitrogens is 5. The number of hydrogen-bond donors (Lipinski definition) is 1. The lowest BCUT2D eigenvalue weighted by Crippen LogP contribution is -2.29. The predicted octanol–water partition coefficient (Wildman–Crippen LogP) is 33.1. The van der Waals surface area contributed by atoms with E-state index in [0.29, 0.717) is 0 Å². The molecule has 0 saturated heterocycles. The molecule has 28 heteroatoms. The average molecular weight is 2620 g/mol. The Hall–Kier alpha value is -6.30. The van der Waals surface area contributed by atoms with Crippen LogP contribution >= 0.6 is 182 Å². The lowest BCUT2D eigenvalue weighted by Gasteiger charge is -2.34. The van der Waals surface area contributed by atoms with E-state index in [4.69, 9.17) is 4.42 Å². The first-order valence-electron chi connectivity index (χ1n) is 45.0. The van der Waals surface area contributed by atoms with Gasteiger partial charge in [0.25, 0.3) is 0 Å². The summed E-state index contributed by atoms with van der Waals surface area (Å²) >= 11 is 33.7. The van der Waals surface area contributed by atoms with Crippen LogP contribution in [0.15, 0.2) is 173 Å². The van der Waals surface area contributed by atoms with Gasteiger partial charge in [0.05, 0.1) is 55.9 Å². The van der Waals surface area contributed by atoms with Crippen LogP contribution in [0.2, 0.25) is 0 Å². The molecule has 6 heterocycles. The summed E-state index contributed by atoms with van der Waals surface area (Å²) < 4.78 is 6.43. The second-order valence-electron chi connectivity index (χ2n) is 33.5. The van der Waals surface area contributed by atoms with E-state index in [1.807, 2.05) is 243 Å². The number of nitrogens with zero attached hydrogens (tertiary/aromatic N) is 14. The first-order chi connectivity index (χ1) is 66.6. The number of rotatable bonds is 12. The molecule has 0 amide bonds. The van der Waals surface area contributed by atoms with Gasteiger partial charge in [-0.25, -0.2) is 9.97 Å². The number of anilines is 9. The number of furan rings is 1. The van der Waals surface area contributed by atoms with Crippen molar-refractivity contribution < 1.29 is 4.42 Å². The zero-order valence-electron chi connectivity index (χ0n) is 94.4. The largest absolute Gasteiger partial charge is 0.464 e. The van der Waals surface area contributed by atoms with Crippen LogP contribution in [0.25, 0.3) is 17.2 Å². The van der Waals surface area contributed by atoms with Crippen molar-refractivity contribution in [3.05, 3.63) is 289 Å². The molecule has 0 radical (unpaired) electrons. The zero-order valence-corrected chi connectivity index (χ0v) is 112. The highest BCUT2D eigenvalue weighted by molar-refractivity contribution is 9.11. The normalized spacial score (nSPS) is 9.81. The number of hydrogen-bond acceptors (Lipinski definition) is 17. The molecule has 788 valence electrons. The molecule has 0 fully saturated rings. The molecular weight excluding hydrogens is 2450 g/mol. The molecule has 141 heavy (non-hydrogen) atoms. The highest BCUT2D eigenvalue weighted by Crippen LogP contribution is 2.57. The van der Waals surface area contributed by atoms with Crippen molar-refractivity contribution in [2.45, 2.75) is 130 Å². The number of nitrogens with one attached hydrogen (secondary N) is 1. The van der Waals surface area contributed by atoms with Gasteiger partial charge in [0.2, 0.25) is 0 Å². The van der Waals surface area contributed by atoms with Gasteiger partial charge in [-0.1, -0.05) is 267 Å². The van der Waals surface area contributed by atoms with Crippen molar-refractivity contribution in [2.24, 2.45) is 0 Å². The first kappa shape index (κ1) is 145. The predicted molar refractivity (Wildman–Crippen MR) is 682 cm³/mol. The number of alkyl halides is 9. The van der Waals surface area contributed by atoms with Gasteiger partial charge < -0.3 is 58.4 Å². The lowest BCUT2D eigenvalue weighted by atomic mass is 9.67. The minimum atomic E-state index is -0.339. The fourth-order valence-corrected chi connectivity index (χ4v) is 16.1. The van der Waals surface area contributed by atoms with Crippen molar-refractivity contribution in [1.82, 2.24) is 29.8 Å². The fraction of sp³-hybridized carbons (Fsp3) is 0.434. The molecule has 1 N–H and O–H groups in total. The second-order valence-corrected chi connectivity index (χ2v) is 37.2. The quantitative estimate of drug-likeness (QED) is 0.0924. The van der Waals surface area contributed by atoms with Crippen LogP contribution in [0, 0.1) is 123 Å². The number of thiazole rings is 1. The molecule has 6 aromatic heterocycles. The fourth-order valence-electron chi connectivity index (χ4n) is 13.9. The summed E-state index contributed by atoms with van der Waals surface area (Å²) in [6.07, 6.45) is 7.87. The molecule has 0 spiro atoms. The van der Waals surface area contributed by atoms with Gasteiger partial charge in [-0.15, -0.1) is 28.6 Å². The molecule has 16 nitrogen and oxygen atoms in total. The van der Waals surface area contributed by atoms with E-state index < -0.39 is 0 Å². The monoisotopic (exact) mass is 2610 g/mol. The smallest absolute Gasteiger partial charge is 0.149 e. The number of H-pyrrole nitrogens is 1. The van der Waals surface area contributed by atoms with Gasteiger partial charge in [-0.2, -0.15) is 0 Å². The second kappa shape index (κ2) is 81.8. The molecule has 12 aromatic rings. The Kier molecular flexibility index (Phi) is 84.3. The maximum atomic E-state index is 5.33. The van der Waals surface area contributed by atoms with E-state index in [1.54, 1.807) is 17.5 Å². The molecule has 0 bridgehead atoms. The van der Waals surface area contributed by atoms with Crippen molar-refractivity contribution >= 4 is 239 Å². The Bertz CT molecular complexity index is 5090. The van der Waals surface area contributed by atoms with Crippen molar-refractivity contribution in [2.75, 3.05) is 245 Å². The summed E-state index contributed by atoms with van der Waals surface area (Å²) in [6, 6.07) is 53.1. The van der Waals surface area contributed by atoms with Gasteiger partial charge in [0, 0.05) is 193 Å². The third-order valence-electron chi connectivity index (χ3n) is 19.5. The summed E-state index contributed by atoms with van der Waals surface area (Å²) in [7, 11) is 42.7. The molecule has 0 aliphatic heterocycles. The van der Waals surface area contributed by atoms with Crippen molar-refractivity contribution in [3.63, 3.8) is 0 Å². The number of aromatic amines is 1. The maximum Gasteiger partial charge on any atom is 0.149 e. The van der Waals surface area contributed by atoms with Crippen LogP contribution in [-0.2, 0) is 5.41 Å². The third kappa shape index (κ3) is 52.7. The molecule has 0 unspecified atom stereocenters.